The Morgan fingerprint density at radius 3 is 2.69 bits per heavy atom. The molecule has 0 amide bonds. The van der Waals surface area contributed by atoms with Gasteiger partial charge in [0.2, 0.25) is 0 Å². The summed E-state index contributed by atoms with van der Waals surface area (Å²) in [6, 6.07) is 0. The van der Waals surface area contributed by atoms with E-state index in [0.29, 0.717) is 6.61 Å². The van der Waals surface area contributed by atoms with Crippen molar-refractivity contribution in [2.75, 3.05) is 19.8 Å². The number of hydrogen-bond donors (Lipinski definition) is 2. The van der Waals surface area contributed by atoms with Crippen molar-refractivity contribution in [3.63, 3.8) is 0 Å². The molecule has 0 aliphatic rings. The van der Waals surface area contributed by atoms with E-state index in [0.717, 1.165) is 19.4 Å². The quantitative estimate of drug-likeness (QED) is 0.447. The Balaban J connectivity index is 2.97. The summed E-state index contributed by atoms with van der Waals surface area (Å²) in [6.45, 7) is 3.90. The third kappa shape index (κ3) is 10.2. The second kappa shape index (κ2) is 10.4. The van der Waals surface area contributed by atoms with Crippen LogP contribution in [0, 0.1) is 0 Å². The second-order valence-electron chi connectivity index (χ2n) is 3.30. The van der Waals surface area contributed by atoms with Gasteiger partial charge in [0.25, 0.3) is 0 Å². The summed E-state index contributed by atoms with van der Waals surface area (Å²) in [6.07, 6.45) is 5.68. The number of aliphatic hydroxyl groups excluding tert-OH is 1. The van der Waals surface area contributed by atoms with Gasteiger partial charge in [-0.25, -0.2) is 0 Å². The molecule has 0 aliphatic carbocycles. The molecule has 0 aliphatic heterocycles. The Morgan fingerprint density at radius 2 is 2.08 bits per heavy atom. The highest BCUT2D eigenvalue weighted by Gasteiger charge is 2.01. The molecule has 13 heavy (non-hydrogen) atoms. The van der Waals surface area contributed by atoms with Crippen molar-refractivity contribution in [3.8, 4) is 0 Å². The highest BCUT2D eigenvalue weighted by molar-refractivity contribution is 7.81. The number of hydrogen-bond acceptors (Lipinski definition) is 3. The first-order valence-corrected chi connectivity index (χ1v) is 5.69. The maximum absolute atomic E-state index is 8.60. The van der Waals surface area contributed by atoms with Crippen LogP contribution in [-0.4, -0.2) is 30.2 Å². The van der Waals surface area contributed by atoms with Crippen LogP contribution in [0.15, 0.2) is 0 Å². The van der Waals surface area contributed by atoms with Crippen LogP contribution < -0.4 is 0 Å². The molecule has 0 radical (unpaired) electrons. The maximum atomic E-state index is 8.60. The van der Waals surface area contributed by atoms with E-state index < -0.39 is 0 Å². The van der Waals surface area contributed by atoms with Crippen LogP contribution in [0.1, 0.15) is 39.0 Å². The normalized spacial score (nSPS) is 13.2. The van der Waals surface area contributed by atoms with E-state index in [1.807, 2.05) is 0 Å². The van der Waals surface area contributed by atoms with Crippen molar-refractivity contribution in [1.82, 2.24) is 0 Å². The van der Waals surface area contributed by atoms with Gasteiger partial charge in [-0.3, -0.25) is 0 Å². The standard InChI is InChI=1S/C10H22O2S/c1-2-3-4-5-8-12-9-10(13)6-7-11/h10-11,13H,2-9H2,1H3. The first-order chi connectivity index (χ1) is 6.31. The second-order valence-corrected chi connectivity index (χ2v) is 4.03. The zero-order chi connectivity index (χ0) is 9.94. The SMILES string of the molecule is CCCCCCOCC(S)CCO. The van der Waals surface area contributed by atoms with Gasteiger partial charge in [0.15, 0.2) is 0 Å². The monoisotopic (exact) mass is 206 g/mol. The van der Waals surface area contributed by atoms with Crippen LogP contribution in [0.5, 0.6) is 0 Å². The molecule has 0 saturated carbocycles. The van der Waals surface area contributed by atoms with Crippen LogP contribution in [0.3, 0.4) is 0 Å². The first kappa shape index (κ1) is 13.3. The third-order valence-corrected chi connectivity index (χ3v) is 2.32. The fourth-order valence-electron chi connectivity index (χ4n) is 1.08. The van der Waals surface area contributed by atoms with Crippen molar-refractivity contribution in [2.24, 2.45) is 0 Å². The summed E-state index contributed by atoms with van der Waals surface area (Å²) < 4.78 is 5.41. The third-order valence-electron chi connectivity index (χ3n) is 1.91. The Labute approximate surface area is 87.1 Å². The van der Waals surface area contributed by atoms with Gasteiger partial charge in [0.1, 0.15) is 0 Å². The average molecular weight is 206 g/mol. The van der Waals surface area contributed by atoms with Crippen LogP contribution >= 0.6 is 12.6 Å². The largest absolute Gasteiger partial charge is 0.396 e. The molecule has 0 fully saturated rings. The Hall–Kier alpha value is 0.270. The molecule has 2 nitrogen and oxygen atoms in total. The minimum absolute atomic E-state index is 0.191. The van der Waals surface area contributed by atoms with E-state index in [4.69, 9.17) is 9.84 Å². The van der Waals surface area contributed by atoms with E-state index in [1.54, 1.807) is 0 Å². The molecular weight excluding hydrogens is 184 g/mol. The number of ether oxygens (including phenoxy) is 1. The highest BCUT2D eigenvalue weighted by atomic mass is 32.1. The summed E-state index contributed by atoms with van der Waals surface area (Å²) >= 11 is 4.27. The Bertz CT molecular complexity index is 98.9. The Kier molecular flexibility index (Phi) is 10.6. The van der Waals surface area contributed by atoms with Crippen molar-refractivity contribution < 1.29 is 9.84 Å². The number of rotatable bonds is 9. The van der Waals surface area contributed by atoms with Gasteiger partial charge >= 0.3 is 0 Å². The van der Waals surface area contributed by atoms with Crippen LogP contribution in [0.4, 0.5) is 0 Å². The highest BCUT2D eigenvalue weighted by Crippen LogP contribution is 2.03. The summed E-state index contributed by atoms with van der Waals surface area (Å²) in [4.78, 5) is 0. The summed E-state index contributed by atoms with van der Waals surface area (Å²) in [5, 5.41) is 8.80. The minimum Gasteiger partial charge on any atom is -0.396 e. The Morgan fingerprint density at radius 1 is 1.31 bits per heavy atom. The van der Waals surface area contributed by atoms with Crippen molar-refractivity contribution in [3.05, 3.63) is 0 Å². The molecule has 80 valence electrons. The molecule has 0 spiro atoms. The molecule has 0 aromatic carbocycles. The number of thiol groups is 1. The molecule has 0 aromatic heterocycles. The lowest BCUT2D eigenvalue weighted by molar-refractivity contribution is 0.125. The smallest absolute Gasteiger partial charge is 0.0583 e. The molecule has 3 heteroatoms. The zero-order valence-corrected chi connectivity index (χ0v) is 9.43. The predicted molar refractivity (Wildman–Crippen MR) is 59.4 cm³/mol. The fraction of sp³-hybridized carbons (Fsp3) is 1.00. The number of aliphatic hydroxyl groups is 1. The van der Waals surface area contributed by atoms with Crippen LogP contribution in [0.25, 0.3) is 0 Å². The molecule has 1 unspecified atom stereocenters. The summed E-state index contributed by atoms with van der Waals surface area (Å²) in [5.74, 6) is 0. The molecular formula is C10H22O2S. The van der Waals surface area contributed by atoms with Gasteiger partial charge in [-0.2, -0.15) is 12.6 Å². The van der Waals surface area contributed by atoms with E-state index in [9.17, 15) is 0 Å². The van der Waals surface area contributed by atoms with Gasteiger partial charge in [-0.15, -0.1) is 0 Å². The topological polar surface area (TPSA) is 29.5 Å². The lowest BCUT2D eigenvalue weighted by Crippen LogP contribution is -2.11. The van der Waals surface area contributed by atoms with Gasteiger partial charge < -0.3 is 9.84 Å². The molecule has 0 aromatic rings. The van der Waals surface area contributed by atoms with Crippen LogP contribution in [-0.2, 0) is 4.74 Å². The van der Waals surface area contributed by atoms with E-state index in [-0.39, 0.29) is 11.9 Å². The summed E-state index contributed by atoms with van der Waals surface area (Å²) in [5.41, 5.74) is 0. The predicted octanol–water partition coefficient (Wildman–Crippen LogP) is 2.26. The van der Waals surface area contributed by atoms with Crippen molar-refractivity contribution >= 4 is 12.6 Å². The molecule has 0 saturated heterocycles. The van der Waals surface area contributed by atoms with Gasteiger partial charge in [0, 0.05) is 18.5 Å². The molecule has 0 bridgehead atoms. The fourth-order valence-corrected chi connectivity index (χ4v) is 1.30. The zero-order valence-electron chi connectivity index (χ0n) is 8.54. The van der Waals surface area contributed by atoms with Gasteiger partial charge in [-0.05, 0) is 12.8 Å². The molecule has 0 rings (SSSR count). The average Bonchev–Trinajstić information content (AvgIpc) is 2.11. The first-order valence-electron chi connectivity index (χ1n) is 5.18. The molecule has 1 N–H and O–H groups in total. The lowest BCUT2D eigenvalue weighted by Gasteiger charge is -2.09. The molecule has 0 heterocycles. The van der Waals surface area contributed by atoms with Gasteiger partial charge in [-0.1, -0.05) is 26.2 Å². The summed E-state index contributed by atoms with van der Waals surface area (Å²) in [7, 11) is 0. The lowest BCUT2D eigenvalue weighted by atomic mass is 10.2. The van der Waals surface area contributed by atoms with E-state index >= 15 is 0 Å². The van der Waals surface area contributed by atoms with Crippen LogP contribution in [0.2, 0.25) is 0 Å². The van der Waals surface area contributed by atoms with Crippen molar-refractivity contribution in [1.29, 1.82) is 0 Å². The molecule has 1 atom stereocenters. The maximum Gasteiger partial charge on any atom is 0.0583 e. The van der Waals surface area contributed by atoms with Gasteiger partial charge in [0.05, 0.1) is 6.61 Å². The number of unbranched alkanes of at least 4 members (excludes halogenated alkanes) is 3. The van der Waals surface area contributed by atoms with E-state index in [2.05, 4.69) is 19.6 Å². The van der Waals surface area contributed by atoms with E-state index in [1.165, 1.54) is 19.3 Å². The minimum atomic E-state index is 0.191. The van der Waals surface area contributed by atoms with Crippen molar-refractivity contribution in [2.45, 2.75) is 44.3 Å².